The van der Waals surface area contributed by atoms with Crippen LogP contribution in [-0.2, 0) is 16.1 Å². The number of unbranched alkanes of at least 4 members (excludes halogenated alkanes) is 1. The van der Waals surface area contributed by atoms with E-state index in [0.29, 0.717) is 49.4 Å². The summed E-state index contributed by atoms with van der Waals surface area (Å²) in [5, 5.41) is 7.01. The van der Waals surface area contributed by atoms with Crippen LogP contribution in [0.2, 0.25) is 0 Å². The molecular formula is C21H27N5O5S. The number of hydrogen-bond acceptors (Lipinski definition) is 7. The minimum Gasteiger partial charge on any atom is -0.485 e. The molecule has 1 atom stereocenters. The van der Waals surface area contributed by atoms with Crippen LogP contribution in [0.25, 0.3) is 0 Å². The molecule has 1 unspecified atom stereocenters. The predicted molar refractivity (Wildman–Crippen MR) is 118 cm³/mol. The minimum atomic E-state index is -0.678. The van der Waals surface area contributed by atoms with Gasteiger partial charge in [0.1, 0.15) is 6.61 Å². The van der Waals surface area contributed by atoms with E-state index in [9.17, 15) is 14.4 Å². The Morgan fingerprint density at radius 1 is 1.16 bits per heavy atom. The molecule has 1 saturated heterocycles. The number of aromatic amines is 1. The number of para-hydroxylation sites is 2. The SMILES string of the molecule is CCCCn1c(SCC(=O)N2CCN(C(=O)C3COc4ccccc4O3)CC2)n[nH]c1=O. The largest absolute Gasteiger partial charge is 0.485 e. The Morgan fingerprint density at radius 2 is 1.88 bits per heavy atom. The third-order valence-corrected chi connectivity index (χ3v) is 6.47. The monoisotopic (exact) mass is 461 g/mol. The van der Waals surface area contributed by atoms with Crippen molar-refractivity contribution in [2.24, 2.45) is 0 Å². The number of carbonyl (C=O) groups is 2. The van der Waals surface area contributed by atoms with E-state index in [4.69, 9.17) is 9.47 Å². The fourth-order valence-corrected chi connectivity index (χ4v) is 4.54. The lowest BCUT2D eigenvalue weighted by Gasteiger charge is -2.37. The summed E-state index contributed by atoms with van der Waals surface area (Å²) < 4.78 is 13.0. The van der Waals surface area contributed by atoms with Gasteiger partial charge in [0, 0.05) is 32.7 Å². The highest BCUT2D eigenvalue weighted by molar-refractivity contribution is 7.99. The van der Waals surface area contributed by atoms with Crippen LogP contribution in [-0.4, -0.2) is 81.0 Å². The lowest BCUT2D eigenvalue weighted by molar-refractivity contribution is -0.145. The number of nitrogens with zero attached hydrogens (tertiary/aromatic N) is 4. The summed E-state index contributed by atoms with van der Waals surface area (Å²) >= 11 is 1.26. The van der Waals surface area contributed by atoms with E-state index < -0.39 is 6.10 Å². The van der Waals surface area contributed by atoms with Crippen LogP contribution in [0.1, 0.15) is 19.8 Å². The van der Waals surface area contributed by atoms with Crippen molar-refractivity contribution in [1.29, 1.82) is 0 Å². The summed E-state index contributed by atoms with van der Waals surface area (Å²) in [7, 11) is 0. The van der Waals surface area contributed by atoms with Gasteiger partial charge in [-0.05, 0) is 18.6 Å². The fraction of sp³-hybridized carbons (Fsp3) is 0.524. The molecule has 11 heteroatoms. The number of benzene rings is 1. The van der Waals surface area contributed by atoms with Crippen LogP contribution in [0, 0.1) is 0 Å². The topological polar surface area (TPSA) is 110 Å². The highest BCUT2D eigenvalue weighted by Crippen LogP contribution is 2.31. The molecule has 2 aromatic rings. The van der Waals surface area contributed by atoms with Gasteiger partial charge in [0.05, 0.1) is 5.75 Å². The second-order valence-corrected chi connectivity index (χ2v) is 8.62. The minimum absolute atomic E-state index is 0.0363. The molecule has 0 aliphatic carbocycles. The number of H-pyrrole nitrogens is 1. The van der Waals surface area contributed by atoms with Crippen LogP contribution in [0.5, 0.6) is 11.5 Å². The van der Waals surface area contributed by atoms with E-state index in [-0.39, 0.29) is 29.9 Å². The van der Waals surface area contributed by atoms with E-state index in [1.54, 1.807) is 20.4 Å². The van der Waals surface area contributed by atoms with Crippen molar-refractivity contribution in [3.63, 3.8) is 0 Å². The quantitative estimate of drug-likeness (QED) is 0.612. The van der Waals surface area contributed by atoms with E-state index >= 15 is 0 Å². The van der Waals surface area contributed by atoms with E-state index in [0.717, 1.165) is 12.8 Å². The number of hydrogen-bond donors (Lipinski definition) is 1. The summed E-state index contributed by atoms with van der Waals surface area (Å²) in [6.45, 7) is 4.62. The third kappa shape index (κ3) is 4.93. The van der Waals surface area contributed by atoms with Crippen molar-refractivity contribution in [2.75, 3.05) is 38.5 Å². The highest BCUT2D eigenvalue weighted by atomic mass is 32.2. The zero-order valence-corrected chi connectivity index (χ0v) is 18.8. The number of carbonyl (C=O) groups excluding carboxylic acids is 2. The first kappa shape index (κ1) is 22.3. The summed E-state index contributed by atoms with van der Waals surface area (Å²) in [4.78, 5) is 40.8. The van der Waals surface area contributed by atoms with Gasteiger partial charge >= 0.3 is 5.69 Å². The first-order valence-corrected chi connectivity index (χ1v) is 11.8. The van der Waals surface area contributed by atoms with Crippen molar-refractivity contribution < 1.29 is 19.1 Å². The van der Waals surface area contributed by atoms with E-state index in [1.807, 2.05) is 18.2 Å². The first-order valence-electron chi connectivity index (χ1n) is 10.8. The van der Waals surface area contributed by atoms with E-state index in [2.05, 4.69) is 17.1 Å². The van der Waals surface area contributed by atoms with Crippen molar-refractivity contribution in [1.82, 2.24) is 24.6 Å². The van der Waals surface area contributed by atoms with Gasteiger partial charge in [-0.2, -0.15) is 0 Å². The fourth-order valence-electron chi connectivity index (χ4n) is 3.67. The molecule has 1 N–H and O–H groups in total. The highest BCUT2D eigenvalue weighted by Gasteiger charge is 2.33. The maximum absolute atomic E-state index is 12.8. The van der Waals surface area contributed by atoms with Crippen molar-refractivity contribution >= 4 is 23.6 Å². The maximum atomic E-state index is 12.8. The van der Waals surface area contributed by atoms with Gasteiger partial charge in [-0.3, -0.25) is 14.2 Å². The standard InChI is InChI=1S/C21H27N5O5S/c1-2-3-8-26-20(29)22-23-21(26)32-14-18(27)24-9-11-25(12-10-24)19(28)17-13-30-15-6-4-5-7-16(15)31-17/h4-7,17H,2-3,8-14H2,1H3,(H,22,29). The van der Waals surface area contributed by atoms with Gasteiger partial charge in [-0.1, -0.05) is 37.2 Å². The molecule has 1 aromatic carbocycles. The Kier molecular flexibility index (Phi) is 7.03. The van der Waals surface area contributed by atoms with Crippen molar-refractivity contribution in [3.8, 4) is 11.5 Å². The van der Waals surface area contributed by atoms with Gasteiger partial charge in [0.15, 0.2) is 16.7 Å². The van der Waals surface area contributed by atoms with Gasteiger partial charge < -0.3 is 19.3 Å². The molecule has 172 valence electrons. The van der Waals surface area contributed by atoms with Crippen LogP contribution in [0.3, 0.4) is 0 Å². The zero-order chi connectivity index (χ0) is 22.5. The molecule has 2 aliphatic rings. The number of nitrogens with one attached hydrogen (secondary N) is 1. The van der Waals surface area contributed by atoms with Gasteiger partial charge in [-0.15, -0.1) is 5.10 Å². The molecule has 32 heavy (non-hydrogen) atoms. The van der Waals surface area contributed by atoms with Gasteiger partial charge in [0.25, 0.3) is 5.91 Å². The molecule has 4 rings (SSSR count). The Morgan fingerprint density at radius 3 is 2.62 bits per heavy atom. The van der Waals surface area contributed by atoms with Gasteiger partial charge in [-0.25, -0.2) is 9.89 Å². The molecule has 10 nitrogen and oxygen atoms in total. The predicted octanol–water partition coefficient (Wildman–Crippen LogP) is 0.974. The number of amides is 2. The van der Waals surface area contributed by atoms with Gasteiger partial charge in [0.2, 0.25) is 12.0 Å². The number of aromatic nitrogens is 3. The second-order valence-electron chi connectivity index (χ2n) is 7.68. The summed E-state index contributed by atoms with van der Waals surface area (Å²) in [6.07, 6.45) is 1.16. The maximum Gasteiger partial charge on any atom is 0.343 e. The lowest BCUT2D eigenvalue weighted by atomic mass is 10.2. The molecular weight excluding hydrogens is 434 g/mol. The second kappa shape index (κ2) is 10.1. The number of fused-ring (bicyclic) bond motifs is 1. The average molecular weight is 462 g/mol. The Balaban J connectivity index is 1.25. The Bertz CT molecular complexity index is 1010. The van der Waals surface area contributed by atoms with Crippen LogP contribution in [0.4, 0.5) is 0 Å². The molecule has 0 spiro atoms. The average Bonchev–Trinajstić information content (AvgIpc) is 3.19. The van der Waals surface area contributed by atoms with Crippen LogP contribution in [0.15, 0.2) is 34.2 Å². The summed E-state index contributed by atoms with van der Waals surface area (Å²) in [5.41, 5.74) is -0.253. The van der Waals surface area contributed by atoms with Crippen LogP contribution < -0.4 is 15.2 Å². The third-order valence-electron chi connectivity index (χ3n) is 5.51. The van der Waals surface area contributed by atoms with Crippen LogP contribution >= 0.6 is 11.8 Å². The first-order chi connectivity index (χ1) is 15.6. The summed E-state index contributed by atoms with van der Waals surface area (Å²) in [6, 6.07) is 7.29. The molecule has 3 heterocycles. The summed E-state index contributed by atoms with van der Waals surface area (Å²) in [5.74, 6) is 1.24. The van der Waals surface area contributed by atoms with Crippen molar-refractivity contribution in [2.45, 2.75) is 37.6 Å². The molecule has 0 bridgehead atoms. The number of thioether (sulfide) groups is 1. The van der Waals surface area contributed by atoms with E-state index in [1.165, 1.54) is 11.8 Å². The lowest BCUT2D eigenvalue weighted by Crippen LogP contribution is -2.55. The Labute approximate surface area is 189 Å². The number of rotatable bonds is 7. The Hall–Kier alpha value is -2.95. The smallest absolute Gasteiger partial charge is 0.343 e. The molecule has 2 aliphatic heterocycles. The number of piperazine rings is 1. The molecule has 0 radical (unpaired) electrons. The normalized spacial score (nSPS) is 18.0. The zero-order valence-electron chi connectivity index (χ0n) is 18.0. The molecule has 0 saturated carbocycles. The van der Waals surface area contributed by atoms with Crippen molar-refractivity contribution in [3.05, 3.63) is 34.7 Å². The molecule has 1 aromatic heterocycles. The number of ether oxygens (including phenoxy) is 2. The molecule has 2 amide bonds. The molecule has 1 fully saturated rings.